The van der Waals surface area contributed by atoms with Crippen LogP contribution in [-0.4, -0.2) is 120 Å². The highest BCUT2D eigenvalue weighted by Gasteiger charge is 2.43. The van der Waals surface area contributed by atoms with Gasteiger partial charge in [0.25, 0.3) is 0 Å². The van der Waals surface area contributed by atoms with Gasteiger partial charge in [-0.2, -0.15) is 0 Å². The SMILES string of the molecule is CC1CC2=C(Cc3ccccc32)CN1C(=O)C1CCC(CN(C)C(=O)OC(C)(C)C)CC1.CCOC(=O)[C@@H]1CC2=C(Cc3ccccc32)CN1C(=O)C1CCC(CN(C)C(=O)OC(C)(C)C)CC1. The van der Waals surface area contributed by atoms with Gasteiger partial charge in [0.15, 0.2) is 0 Å². The molecule has 2 saturated carbocycles. The molecule has 1 unspecified atom stereocenters. The van der Waals surface area contributed by atoms with Crippen LogP contribution in [0.25, 0.3) is 11.1 Å². The van der Waals surface area contributed by atoms with Gasteiger partial charge in [-0.3, -0.25) is 9.59 Å². The average Bonchev–Trinajstić information content (AvgIpc) is 3.84. The zero-order valence-corrected chi connectivity index (χ0v) is 42.7. The predicted molar refractivity (Wildman–Crippen MR) is 265 cm³/mol. The van der Waals surface area contributed by atoms with Crippen molar-refractivity contribution in [3.8, 4) is 0 Å². The van der Waals surface area contributed by atoms with Gasteiger partial charge in [0, 0.05) is 64.6 Å². The number of esters is 1. The Morgan fingerprint density at radius 2 is 1.01 bits per heavy atom. The molecular formula is C56H78N4O8. The Hall–Kier alpha value is -5.13. The monoisotopic (exact) mass is 935 g/mol. The summed E-state index contributed by atoms with van der Waals surface area (Å²) in [7, 11) is 3.58. The van der Waals surface area contributed by atoms with Crippen LogP contribution in [-0.2, 0) is 41.4 Å². The predicted octanol–water partition coefficient (Wildman–Crippen LogP) is 10.1. The summed E-state index contributed by atoms with van der Waals surface area (Å²) in [5.41, 5.74) is 9.67. The summed E-state index contributed by atoms with van der Waals surface area (Å²) in [6.07, 6.45) is 9.85. The lowest BCUT2D eigenvalue weighted by Gasteiger charge is -2.39. The van der Waals surface area contributed by atoms with E-state index in [1.165, 1.54) is 44.5 Å². The first-order chi connectivity index (χ1) is 32.2. The fourth-order valence-electron chi connectivity index (χ4n) is 11.4. The van der Waals surface area contributed by atoms with Crippen molar-refractivity contribution in [2.45, 2.75) is 156 Å². The smallest absolute Gasteiger partial charge is 0.410 e. The van der Waals surface area contributed by atoms with Crippen molar-refractivity contribution in [2.75, 3.05) is 46.9 Å². The molecule has 2 aromatic rings. The van der Waals surface area contributed by atoms with Gasteiger partial charge in [-0.05, 0) is 182 Å². The molecule has 2 aromatic carbocycles. The number of benzene rings is 2. The van der Waals surface area contributed by atoms with Crippen molar-refractivity contribution in [2.24, 2.45) is 23.7 Å². The van der Waals surface area contributed by atoms with Crippen molar-refractivity contribution in [3.05, 3.63) is 81.9 Å². The standard InChI is InChI=1S/C29H40N2O5.C27H38N2O3/c1-6-35-27(33)25-16-24-22(15-21-9-7-8-10-23(21)24)18-31(25)26(32)20-13-11-19(12-14-20)17-30(5)28(34)36-29(2,3)4;1-18-14-24-22(15-21-8-6-7-9-23(21)24)17-29(18)25(30)20-12-10-19(11-13-20)16-28(5)26(31)32-27(2,3)4/h7-10,19-20,25H,6,11-18H2,1-5H3;6-9,18-20H,10-17H2,1-5H3/t19?,20?,25-;/m0./s1. The van der Waals surface area contributed by atoms with E-state index < -0.39 is 17.2 Å². The second-order valence-corrected chi connectivity index (χ2v) is 22.4. The molecule has 0 N–H and O–H groups in total. The Morgan fingerprint density at radius 3 is 1.46 bits per heavy atom. The quantitative estimate of drug-likeness (QED) is 0.189. The van der Waals surface area contributed by atoms with Gasteiger partial charge < -0.3 is 33.8 Å². The summed E-state index contributed by atoms with van der Waals surface area (Å²) in [5.74, 6) is 0.881. The van der Waals surface area contributed by atoms with Crippen LogP contribution in [0.15, 0.2) is 59.7 Å². The molecule has 370 valence electrons. The topological polar surface area (TPSA) is 126 Å². The number of amides is 4. The minimum Gasteiger partial charge on any atom is -0.464 e. The first kappa shape index (κ1) is 50.7. The van der Waals surface area contributed by atoms with E-state index in [9.17, 15) is 24.0 Å². The highest BCUT2D eigenvalue weighted by molar-refractivity contribution is 5.91. The molecule has 4 amide bonds. The molecule has 0 saturated heterocycles. The average molecular weight is 935 g/mol. The Kier molecular flexibility index (Phi) is 15.9. The van der Waals surface area contributed by atoms with Crippen LogP contribution in [0.2, 0.25) is 0 Å². The molecular weight excluding hydrogens is 857 g/mol. The molecule has 12 nitrogen and oxygen atoms in total. The van der Waals surface area contributed by atoms with Crippen molar-refractivity contribution >= 4 is 41.1 Å². The molecule has 68 heavy (non-hydrogen) atoms. The highest BCUT2D eigenvalue weighted by atomic mass is 16.6. The molecule has 4 aliphatic carbocycles. The molecule has 2 atom stereocenters. The summed E-state index contributed by atoms with van der Waals surface area (Å²) >= 11 is 0. The summed E-state index contributed by atoms with van der Waals surface area (Å²) in [6, 6.07) is 16.7. The molecule has 2 heterocycles. The lowest BCUT2D eigenvalue weighted by atomic mass is 9.80. The zero-order valence-electron chi connectivity index (χ0n) is 42.7. The first-order valence-corrected chi connectivity index (χ1v) is 25.4. The fourth-order valence-corrected chi connectivity index (χ4v) is 11.4. The lowest BCUT2D eigenvalue weighted by Crippen LogP contribution is -2.51. The van der Waals surface area contributed by atoms with Crippen LogP contribution in [0.3, 0.4) is 0 Å². The largest absolute Gasteiger partial charge is 0.464 e. The Bertz CT molecular complexity index is 2250. The molecule has 8 rings (SSSR count). The van der Waals surface area contributed by atoms with E-state index in [0.29, 0.717) is 50.4 Å². The molecule has 0 aromatic heterocycles. The molecule has 6 aliphatic rings. The van der Waals surface area contributed by atoms with E-state index in [0.717, 1.165) is 77.2 Å². The van der Waals surface area contributed by atoms with E-state index in [-0.39, 0.29) is 41.9 Å². The molecule has 12 heteroatoms. The number of carbonyl (C=O) groups excluding carboxylic acids is 5. The maximum absolute atomic E-state index is 13.7. The van der Waals surface area contributed by atoms with Crippen LogP contribution >= 0.6 is 0 Å². The summed E-state index contributed by atoms with van der Waals surface area (Å²) in [4.78, 5) is 72.0. The van der Waals surface area contributed by atoms with Gasteiger partial charge in [0.2, 0.25) is 11.8 Å². The first-order valence-electron chi connectivity index (χ1n) is 25.4. The van der Waals surface area contributed by atoms with Crippen LogP contribution in [0.4, 0.5) is 9.59 Å². The van der Waals surface area contributed by atoms with Gasteiger partial charge >= 0.3 is 18.2 Å². The number of carbonyl (C=O) groups is 5. The summed E-state index contributed by atoms with van der Waals surface area (Å²) < 4.78 is 16.3. The fraction of sp³-hybridized carbons (Fsp3) is 0.625. The van der Waals surface area contributed by atoms with E-state index in [2.05, 4.69) is 48.2 Å². The minimum absolute atomic E-state index is 0.0644. The van der Waals surface area contributed by atoms with Crippen molar-refractivity contribution in [3.63, 3.8) is 0 Å². The van der Waals surface area contributed by atoms with Crippen LogP contribution in [0.5, 0.6) is 0 Å². The number of hydrogen-bond acceptors (Lipinski definition) is 8. The van der Waals surface area contributed by atoms with E-state index >= 15 is 0 Å². The Morgan fingerprint density at radius 1 is 0.603 bits per heavy atom. The Balaban J connectivity index is 0.000000203. The third kappa shape index (κ3) is 12.2. The van der Waals surface area contributed by atoms with E-state index in [1.54, 1.807) is 28.7 Å². The molecule has 2 fully saturated rings. The van der Waals surface area contributed by atoms with Crippen molar-refractivity contribution in [1.29, 1.82) is 0 Å². The number of fused-ring (bicyclic) bond motifs is 4. The highest BCUT2D eigenvalue weighted by Crippen LogP contribution is 2.43. The molecule has 2 aliphatic heterocycles. The second kappa shape index (κ2) is 21.2. The van der Waals surface area contributed by atoms with Gasteiger partial charge in [-0.1, -0.05) is 48.5 Å². The minimum atomic E-state index is -0.571. The number of ether oxygens (including phenoxy) is 3. The van der Waals surface area contributed by atoms with Crippen LogP contribution < -0.4 is 0 Å². The Labute approximate surface area is 405 Å². The van der Waals surface area contributed by atoms with Crippen LogP contribution in [0.1, 0.15) is 142 Å². The van der Waals surface area contributed by atoms with Gasteiger partial charge in [0.05, 0.1) is 6.61 Å². The zero-order chi connectivity index (χ0) is 49.1. The molecule has 0 bridgehead atoms. The number of rotatable bonds is 8. The van der Waals surface area contributed by atoms with Crippen molar-refractivity contribution < 1.29 is 38.2 Å². The third-order valence-corrected chi connectivity index (χ3v) is 14.9. The maximum atomic E-state index is 13.7. The van der Waals surface area contributed by atoms with Gasteiger partial charge in [0.1, 0.15) is 17.2 Å². The third-order valence-electron chi connectivity index (χ3n) is 14.9. The number of hydrogen-bond donors (Lipinski definition) is 0. The van der Waals surface area contributed by atoms with E-state index in [4.69, 9.17) is 14.2 Å². The number of nitrogens with zero attached hydrogens (tertiary/aromatic N) is 4. The van der Waals surface area contributed by atoms with Crippen LogP contribution in [0, 0.1) is 23.7 Å². The van der Waals surface area contributed by atoms with Crippen molar-refractivity contribution in [1.82, 2.24) is 19.6 Å². The molecule has 0 radical (unpaired) electrons. The maximum Gasteiger partial charge on any atom is 0.410 e. The lowest BCUT2D eigenvalue weighted by molar-refractivity contribution is -0.156. The summed E-state index contributed by atoms with van der Waals surface area (Å²) in [6.45, 7) is 18.2. The second-order valence-electron chi connectivity index (χ2n) is 22.4. The van der Waals surface area contributed by atoms with Gasteiger partial charge in [-0.15, -0.1) is 0 Å². The molecule has 0 spiro atoms. The van der Waals surface area contributed by atoms with E-state index in [1.807, 2.05) is 60.7 Å². The van der Waals surface area contributed by atoms with Gasteiger partial charge in [-0.25, -0.2) is 14.4 Å². The summed E-state index contributed by atoms with van der Waals surface area (Å²) in [5, 5.41) is 0. The normalized spacial score (nSPS) is 24.4.